The highest BCUT2D eigenvalue weighted by atomic mass is 16.6. The number of carbonyl (C=O) groups is 1. The molecule has 0 N–H and O–H groups in total. The van der Waals surface area contributed by atoms with Crippen molar-refractivity contribution < 1.29 is 14.1 Å². The molecular formula is C23H31N5O3. The molecule has 31 heavy (non-hydrogen) atoms. The Morgan fingerprint density at radius 3 is 2.77 bits per heavy atom. The van der Waals surface area contributed by atoms with Crippen LogP contribution in [0, 0.1) is 12.3 Å². The minimum Gasteiger partial charge on any atom is -0.450 e. The summed E-state index contributed by atoms with van der Waals surface area (Å²) >= 11 is 0. The third-order valence-corrected chi connectivity index (χ3v) is 7.21. The van der Waals surface area contributed by atoms with E-state index < -0.39 is 0 Å². The summed E-state index contributed by atoms with van der Waals surface area (Å²) in [5.41, 5.74) is 3.30. The molecule has 1 spiro atoms. The number of hydrogen-bond donors (Lipinski definition) is 0. The van der Waals surface area contributed by atoms with Gasteiger partial charge in [0.2, 0.25) is 0 Å². The number of pyridine rings is 1. The molecule has 3 fully saturated rings. The summed E-state index contributed by atoms with van der Waals surface area (Å²) in [6.45, 7) is 10.0. The van der Waals surface area contributed by atoms with Crippen LogP contribution in [-0.2, 0) is 4.74 Å². The van der Waals surface area contributed by atoms with Crippen molar-refractivity contribution in [3.63, 3.8) is 0 Å². The Bertz CT molecular complexity index is 931. The fourth-order valence-electron chi connectivity index (χ4n) is 5.59. The molecule has 4 heterocycles. The lowest BCUT2D eigenvalue weighted by molar-refractivity contribution is -0.00294. The second-order valence-electron chi connectivity index (χ2n) is 9.16. The van der Waals surface area contributed by atoms with E-state index in [-0.39, 0.29) is 6.09 Å². The topological polar surface area (TPSA) is 74.9 Å². The summed E-state index contributed by atoms with van der Waals surface area (Å²) < 4.78 is 10.3. The Kier molecular flexibility index (Phi) is 5.33. The molecule has 1 amide bonds. The Morgan fingerprint density at radius 2 is 2.06 bits per heavy atom. The molecule has 0 aromatic carbocycles. The van der Waals surface area contributed by atoms with Crippen molar-refractivity contribution in [3.8, 4) is 11.1 Å². The molecule has 8 heteroatoms. The van der Waals surface area contributed by atoms with Gasteiger partial charge < -0.3 is 19.1 Å². The smallest absolute Gasteiger partial charge is 0.409 e. The molecule has 2 aromatic rings. The maximum atomic E-state index is 11.9. The van der Waals surface area contributed by atoms with Gasteiger partial charge in [-0.3, -0.25) is 4.90 Å². The summed E-state index contributed by atoms with van der Waals surface area (Å²) in [5.74, 6) is 1.01. The number of anilines is 1. The van der Waals surface area contributed by atoms with E-state index in [1.807, 2.05) is 31.0 Å². The summed E-state index contributed by atoms with van der Waals surface area (Å²) in [7, 11) is 0. The third kappa shape index (κ3) is 3.78. The first-order valence-corrected chi connectivity index (χ1v) is 11.4. The van der Waals surface area contributed by atoms with Gasteiger partial charge in [0.05, 0.1) is 12.3 Å². The quantitative estimate of drug-likeness (QED) is 0.745. The number of amides is 1. The van der Waals surface area contributed by atoms with Crippen molar-refractivity contribution in [2.24, 2.45) is 5.41 Å². The maximum Gasteiger partial charge on any atom is 0.409 e. The fourth-order valence-corrected chi connectivity index (χ4v) is 5.59. The monoisotopic (exact) mass is 425 g/mol. The largest absolute Gasteiger partial charge is 0.450 e. The summed E-state index contributed by atoms with van der Waals surface area (Å²) in [6, 6.07) is 4.69. The van der Waals surface area contributed by atoms with Crippen molar-refractivity contribution in [2.45, 2.75) is 39.2 Å². The number of rotatable bonds is 4. The van der Waals surface area contributed by atoms with Gasteiger partial charge in [-0.1, -0.05) is 5.16 Å². The zero-order chi connectivity index (χ0) is 21.4. The van der Waals surface area contributed by atoms with E-state index in [1.54, 1.807) is 6.26 Å². The number of aromatic nitrogens is 2. The molecular weight excluding hydrogens is 394 g/mol. The molecule has 0 bridgehead atoms. The van der Waals surface area contributed by atoms with Crippen LogP contribution in [0.4, 0.5) is 10.6 Å². The molecule has 2 saturated heterocycles. The maximum absolute atomic E-state index is 11.9. The van der Waals surface area contributed by atoms with Crippen molar-refractivity contribution in [3.05, 3.63) is 30.3 Å². The molecule has 3 aliphatic rings. The van der Waals surface area contributed by atoms with Crippen molar-refractivity contribution in [2.75, 3.05) is 50.8 Å². The summed E-state index contributed by atoms with van der Waals surface area (Å²) in [6.07, 6.45) is 7.05. The number of ether oxygens (including phenoxy) is 1. The van der Waals surface area contributed by atoms with E-state index in [1.165, 1.54) is 19.3 Å². The van der Waals surface area contributed by atoms with Crippen LogP contribution in [0.2, 0.25) is 0 Å². The van der Waals surface area contributed by atoms with E-state index in [9.17, 15) is 4.79 Å². The van der Waals surface area contributed by atoms with E-state index in [0.717, 1.165) is 61.9 Å². The molecule has 0 radical (unpaired) electrons. The number of hydrogen-bond acceptors (Lipinski definition) is 7. The highest BCUT2D eigenvalue weighted by Gasteiger charge is 2.51. The van der Waals surface area contributed by atoms with Crippen LogP contribution in [-0.4, -0.2) is 78.0 Å². The van der Waals surface area contributed by atoms with Gasteiger partial charge in [-0.2, -0.15) is 0 Å². The van der Waals surface area contributed by atoms with E-state index in [4.69, 9.17) is 14.2 Å². The number of carbonyl (C=O) groups excluding carboxylic acids is 1. The van der Waals surface area contributed by atoms with Gasteiger partial charge in [0.1, 0.15) is 12.1 Å². The van der Waals surface area contributed by atoms with Gasteiger partial charge in [-0.25, -0.2) is 9.78 Å². The number of likely N-dealkylation sites (tertiary alicyclic amines) is 1. The first-order valence-electron chi connectivity index (χ1n) is 11.4. The summed E-state index contributed by atoms with van der Waals surface area (Å²) in [4.78, 5) is 23.5. The van der Waals surface area contributed by atoms with Crippen molar-refractivity contribution >= 4 is 11.9 Å². The predicted octanol–water partition coefficient (Wildman–Crippen LogP) is 3.18. The average Bonchev–Trinajstić information content (AvgIpc) is 3.40. The molecule has 2 aromatic heterocycles. The van der Waals surface area contributed by atoms with E-state index >= 15 is 0 Å². The summed E-state index contributed by atoms with van der Waals surface area (Å²) in [5, 5.41) is 4.04. The Hall–Kier alpha value is -2.61. The van der Waals surface area contributed by atoms with Gasteiger partial charge in [-0.15, -0.1) is 0 Å². The fraction of sp³-hybridized carbons (Fsp3) is 0.609. The average molecular weight is 426 g/mol. The van der Waals surface area contributed by atoms with Crippen LogP contribution < -0.4 is 4.90 Å². The second-order valence-corrected chi connectivity index (χ2v) is 9.16. The minimum atomic E-state index is -0.153. The number of aryl methyl sites for hydroxylation is 1. The Labute approximate surface area is 183 Å². The molecule has 166 valence electrons. The lowest BCUT2D eigenvalue weighted by atomic mass is 9.78. The van der Waals surface area contributed by atoms with Crippen LogP contribution in [0.1, 0.15) is 31.9 Å². The SMILES string of the molecule is CCOC(=O)N1CC2(CC[C@@H](N3CCN(c4ncccc4-c4conc4C)CC3)C2)C1. The van der Waals surface area contributed by atoms with Gasteiger partial charge in [0.15, 0.2) is 0 Å². The normalized spacial score (nSPS) is 23.2. The van der Waals surface area contributed by atoms with Crippen molar-refractivity contribution in [1.82, 2.24) is 19.9 Å². The standard InChI is InChI=1S/C23H31N5O3/c1-3-30-22(29)28-15-23(16-28)7-6-18(13-23)26-9-11-27(12-10-26)21-19(5-4-8-24-21)20-14-31-25-17(20)2/h4-5,8,14,18H,3,6-7,9-13,15-16H2,1-2H3/t18-/m1/s1. The number of nitrogens with zero attached hydrogens (tertiary/aromatic N) is 5. The molecule has 5 rings (SSSR count). The Balaban J connectivity index is 1.18. The molecule has 8 nitrogen and oxygen atoms in total. The Morgan fingerprint density at radius 1 is 1.26 bits per heavy atom. The van der Waals surface area contributed by atoms with Gasteiger partial charge in [0, 0.05) is 68.0 Å². The first-order chi connectivity index (χ1) is 15.1. The second kappa shape index (κ2) is 8.15. The van der Waals surface area contributed by atoms with Gasteiger partial charge in [0.25, 0.3) is 0 Å². The van der Waals surface area contributed by atoms with Crippen LogP contribution in [0.3, 0.4) is 0 Å². The lowest BCUT2D eigenvalue weighted by Gasteiger charge is -2.48. The predicted molar refractivity (Wildman–Crippen MR) is 117 cm³/mol. The van der Waals surface area contributed by atoms with Crippen LogP contribution >= 0.6 is 0 Å². The van der Waals surface area contributed by atoms with Crippen LogP contribution in [0.15, 0.2) is 29.1 Å². The third-order valence-electron chi connectivity index (χ3n) is 7.21. The van der Waals surface area contributed by atoms with E-state index in [0.29, 0.717) is 18.1 Å². The molecule has 2 aliphatic heterocycles. The minimum absolute atomic E-state index is 0.153. The lowest BCUT2D eigenvalue weighted by Crippen LogP contribution is -2.58. The zero-order valence-electron chi connectivity index (χ0n) is 18.4. The zero-order valence-corrected chi connectivity index (χ0v) is 18.4. The molecule has 0 unspecified atom stereocenters. The highest BCUT2D eigenvalue weighted by Crippen LogP contribution is 2.47. The van der Waals surface area contributed by atoms with Crippen LogP contribution in [0.25, 0.3) is 11.1 Å². The molecule has 1 atom stereocenters. The molecule has 1 saturated carbocycles. The molecule has 1 aliphatic carbocycles. The van der Waals surface area contributed by atoms with Crippen LogP contribution in [0.5, 0.6) is 0 Å². The highest BCUT2D eigenvalue weighted by molar-refractivity contribution is 5.76. The van der Waals surface area contributed by atoms with Gasteiger partial charge >= 0.3 is 6.09 Å². The van der Waals surface area contributed by atoms with Gasteiger partial charge in [-0.05, 0) is 45.2 Å². The van der Waals surface area contributed by atoms with E-state index in [2.05, 4.69) is 21.0 Å². The van der Waals surface area contributed by atoms with Crippen molar-refractivity contribution in [1.29, 1.82) is 0 Å². The number of piperazine rings is 1. The first kappa shape index (κ1) is 20.3.